The van der Waals surface area contributed by atoms with Crippen LogP contribution < -0.4 is 11.6 Å². The van der Waals surface area contributed by atoms with Crippen LogP contribution in [-0.2, 0) is 4.79 Å². The monoisotopic (exact) mass is 352 g/mol. The van der Waals surface area contributed by atoms with Crippen LogP contribution in [0.4, 0.5) is 0 Å². The van der Waals surface area contributed by atoms with Gasteiger partial charge in [-0.1, -0.05) is 39.0 Å². The number of hydrogen-bond acceptors (Lipinski definition) is 5. The number of likely N-dealkylation sites (tertiary alicyclic amines) is 1. The van der Waals surface area contributed by atoms with Gasteiger partial charge in [0.25, 0.3) is 0 Å². The summed E-state index contributed by atoms with van der Waals surface area (Å²) in [4.78, 5) is 14.9. The second-order valence-corrected chi connectivity index (χ2v) is 7.68. The van der Waals surface area contributed by atoms with E-state index in [1.165, 1.54) is 6.42 Å². The van der Waals surface area contributed by atoms with Crippen molar-refractivity contribution in [3.63, 3.8) is 0 Å². The van der Waals surface area contributed by atoms with Crippen LogP contribution in [-0.4, -0.2) is 46.2 Å². The molecule has 1 amide bonds. The van der Waals surface area contributed by atoms with Crippen molar-refractivity contribution in [2.45, 2.75) is 83.3 Å². The Kier molecular flexibility index (Phi) is 8.03. The molecule has 2 rings (SSSR count). The molecule has 25 heavy (non-hydrogen) atoms. The molecular weight excluding hydrogens is 316 g/mol. The third-order valence-electron chi connectivity index (χ3n) is 5.53. The number of hydrazine groups is 1. The van der Waals surface area contributed by atoms with Crippen LogP contribution in [0.3, 0.4) is 0 Å². The Hall–Kier alpha value is -1.27. The van der Waals surface area contributed by atoms with Gasteiger partial charge >= 0.3 is 0 Å². The number of β-amino-alcohol motifs (C(OH)–C–C–N with tert-alkyl or cyclic N) is 1. The van der Waals surface area contributed by atoms with Crippen LogP contribution in [0.1, 0.15) is 71.1 Å². The van der Waals surface area contributed by atoms with Crippen molar-refractivity contribution >= 4 is 5.91 Å². The summed E-state index contributed by atoms with van der Waals surface area (Å²) in [6.07, 6.45) is 11.8. The molecule has 2 aliphatic rings. The zero-order valence-corrected chi connectivity index (χ0v) is 15.7. The van der Waals surface area contributed by atoms with Crippen LogP contribution in [0.2, 0.25) is 0 Å². The van der Waals surface area contributed by atoms with E-state index < -0.39 is 6.10 Å². The Morgan fingerprint density at radius 1 is 1.28 bits per heavy atom. The minimum Gasteiger partial charge on any atom is -0.401 e. The summed E-state index contributed by atoms with van der Waals surface area (Å²) in [7, 11) is 0. The summed E-state index contributed by atoms with van der Waals surface area (Å²) < 4.78 is 0. The van der Waals surface area contributed by atoms with Gasteiger partial charge in [0.15, 0.2) is 0 Å². The maximum Gasteiger partial charge on any atom is 0.247 e. The number of amides is 1. The fraction of sp³-hybridized carbons (Fsp3) is 0.842. The van der Waals surface area contributed by atoms with Crippen molar-refractivity contribution in [2.75, 3.05) is 13.1 Å². The van der Waals surface area contributed by atoms with Crippen LogP contribution in [0.15, 0.2) is 11.9 Å². The summed E-state index contributed by atoms with van der Waals surface area (Å²) in [5.41, 5.74) is 6.87. The SMILES string of the molecule is CCCCC/C(N)=C/N(N)C(C(=O)N1CCC(O)C1)C1CCCCC1. The van der Waals surface area contributed by atoms with E-state index in [1.807, 2.05) is 0 Å². The predicted octanol–water partition coefficient (Wildman–Crippen LogP) is 2.08. The molecule has 144 valence electrons. The first-order chi connectivity index (χ1) is 12.0. The van der Waals surface area contributed by atoms with Gasteiger partial charge in [-0.2, -0.15) is 0 Å². The number of carbonyl (C=O) groups excluding carboxylic acids is 1. The van der Waals surface area contributed by atoms with Gasteiger partial charge in [-0.3, -0.25) is 4.79 Å². The third kappa shape index (κ3) is 5.89. The van der Waals surface area contributed by atoms with Crippen molar-refractivity contribution in [3.05, 3.63) is 11.9 Å². The van der Waals surface area contributed by atoms with Crippen LogP contribution in [0.25, 0.3) is 0 Å². The van der Waals surface area contributed by atoms with Gasteiger partial charge in [0.1, 0.15) is 6.04 Å². The molecule has 2 atom stereocenters. The van der Waals surface area contributed by atoms with Gasteiger partial charge < -0.3 is 20.7 Å². The number of unbranched alkanes of at least 4 members (excludes halogenated alkanes) is 2. The van der Waals surface area contributed by atoms with Crippen LogP contribution in [0, 0.1) is 5.92 Å². The highest BCUT2D eigenvalue weighted by Gasteiger charge is 2.37. The highest BCUT2D eigenvalue weighted by atomic mass is 16.3. The van der Waals surface area contributed by atoms with Gasteiger partial charge in [0.2, 0.25) is 5.91 Å². The van der Waals surface area contributed by atoms with Gasteiger partial charge in [0.05, 0.1) is 6.10 Å². The van der Waals surface area contributed by atoms with Crippen molar-refractivity contribution in [1.29, 1.82) is 0 Å². The lowest BCUT2D eigenvalue weighted by atomic mass is 9.83. The third-order valence-corrected chi connectivity index (χ3v) is 5.53. The lowest BCUT2D eigenvalue weighted by Gasteiger charge is -2.37. The van der Waals surface area contributed by atoms with E-state index in [2.05, 4.69) is 6.92 Å². The molecule has 0 spiro atoms. The standard InChI is InChI=1S/C19H36N4O2/c1-2-3-5-10-16(20)13-23(21)18(15-8-6-4-7-9-15)19(25)22-12-11-17(24)14-22/h13,15,17-18,24H,2-12,14,20-21H2,1H3/b16-13-. The number of aliphatic hydroxyl groups excluding tert-OH is 1. The van der Waals surface area contributed by atoms with Gasteiger partial charge in [-0.25, -0.2) is 5.84 Å². The topological polar surface area (TPSA) is 95.8 Å². The Labute approximate surface area is 152 Å². The van der Waals surface area contributed by atoms with E-state index >= 15 is 0 Å². The summed E-state index contributed by atoms with van der Waals surface area (Å²) in [6, 6.07) is -0.365. The van der Waals surface area contributed by atoms with Crippen LogP contribution in [0.5, 0.6) is 0 Å². The second-order valence-electron chi connectivity index (χ2n) is 7.68. The van der Waals surface area contributed by atoms with E-state index in [9.17, 15) is 9.90 Å². The number of hydrogen-bond donors (Lipinski definition) is 3. The Balaban J connectivity index is 2.07. The summed E-state index contributed by atoms with van der Waals surface area (Å²) in [5.74, 6) is 6.64. The van der Waals surface area contributed by atoms with E-state index in [0.717, 1.165) is 57.1 Å². The molecule has 0 aromatic carbocycles. The molecule has 1 heterocycles. The highest BCUT2D eigenvalue weighted by molar-refractivity contribution is 5.82. The molecule has 1 aliphatic carbocycles. The lowest BCUT2D eigenvalue weighted by molar-refractivity contribution is -0.138. The van der Waals surface area contributed by atoms with E-state index in [-0.39, 0.29) is 17.9 Å². The molecule has 1 saturated heterocycles. The smallest absolute Gasteiger partial charge is 0.247 e. The largest absolute Gasteiger partial charge is 0.401 e. The molecule has 2 unspecified atom stereocenters. The number of aliphatic hydroxyl groups is 1. The zero-order valence-electron chi connectivity index (χ0n) is 15.7. The van der Waals surface area contributed by atoms with Gasteiger partial charge in [-0.05, 0) is 38.0 Å². The fourth-order valence-electron chi connectivity index (χ4n) is 4.07. The average molecular weight is 353 g/mol. The minimum absolute atomic E-state index is 0.0450. The molecule has 6 heteroatoms. The van der Waals surface area contributed by atoms with E-state index in [4.69, 9.17) is 11.6 Å². The Morgan fingerprint density at radius 3 is 2.60 bits per heavy atom. The molecular formula is C19H36N4O2. The fourth-order valence-corrected chi connectivity index (χ4v) is 4.07. The molecule has 1 aliphatic heterocycles. The maximum atomic E-state index is 13.1. The first-order valence-corrected chi connectivity index (χ1v) is 9.99. The molecule has 6 nitrogen and oxygen atoms in total. The molecule has 0 radical (unpaired) electrons. The number of nitrogens with zero attached hydrogens (tertiary/aromatic N) is 2. The number of carbonyl (C=O) groups is 1. The maximum absolute atomic E-state index is 13.1. The summed E-state index contributed by atoms with van der Waals surface area (Å²) in [6.45, 7) is 3.20. The minimum atomic E-state index is -0.406. The molecule has 1 saturated carbocycles. The quantitative estimate of drug-likeness (QED) is 0.353. The molecule has 0 bridgehead atoms. The van der Waals surface area contributed by atoms with Crippen molar-refractivity contribution < 1.29 is 9.90 Å². The molecule has 5 N–H and O–H groups in total. The zero-order chi connectivity index (χ0) is 18.2. The predicted molar refractivity (Wildman–Crippen MR) is 100 cm³/mol. The molecule has 0 aromatic rings. The summed E-state index contributed by atoms with van der Waals surface area (Å²) in [5, 5.41) is 11.3. The number of allylic oxidation sites excluding steroid dienone is 1. The highest BCUT2D eigenvalue weighted by Crippen LogP contribution is 2.30. The number of rotatable bonds is 8. The molecule has 0 aromatic heterocycles. The second kappa shape index (κ2) is 10.0. The van der Waals surface area contributed by atoms with Crippen molar-refractivity contribution in [3.8, 4) is 0 Å². The van der Waals surface area contributed by atoms with Gasteiger partial charge in [-0.15, -0.1) is 0 Å². The van der Waals surface area contributed by atoms with E-state index in [0.29, 0.717) is 19.5 Å². The normalized spacial score (nSPS) is 23.7. The number of nitrogens with two attached hydrogens (primary N) is 2. The van der Waals surface area contributed by atoms with Crippen molar-refractivity contribution in [1.82, 2.24) is 9.91 Å². The lowest BCUT2D eigenvalue weighted by Crippen LogP contribution is -2.53. The van der Waals surface area contributed by atoms with Gasteiger partial charge in [0, 0.05) is 25.0 Å². The van der Waals surface area contributed by atoms with Crippen molar-refractivity contribution in [2.24, 2.45) is 17.5 Å². The average Bonchev–Trinajstić information content (AvgIpc) is 3.02. The first kappa shape index (κ1) is 20.0. The van der Waals surface area contributed by atoms with Crippen LogP contribution >= 0.6 is 0 Å². The van der Waals surface area contributed by atoms with E-state index in [1.54, 1.807) is 16.1 Å². The first-order valence-electron chi connectivity index (χ1n) is 9.99. The Bertz CT molecular complexity index is 449. The molecule has 2 fully saturated rings. The summed E-state index contributed by atoms with van der Waals surface area (Å²) >= 11 is 0. The Morgan fingerprint density at radius 2 is 2.00 bits per heavy atom.